The lowest BCUT2D eigenvalue weighted by atomic mass is 10.1. The van der Waals surface area contributed by atoms with Gasteiger partial charge in [-0.1, -0.05) is 0 Å². The van der Waals surface area contributed by atoms with Gasteiger partial charge in [0.2, 0.25) is 11.8 Å². The van der Waals surface area contributed by atoms with Crippen LogP contribution in [0.5, 0.6) is 0 Å². The summed E-state index contributed by atoms with van der Waals surface area (Å²) in [6.45, 7) is 2.36. The predicted octanol–water partition coefficient (Wildman–Crippen LogP) is -0.819. The van der Waals surface area contributed by atoms with Crippen molar-refractivity contribution in [3.8, 4) is 0 Å². The largest absolute Gasteiger partial charge is 0.347 e. The summed E-state index contributed by atoms with van der Waals surface area (Å²) in [5.41, 5.74) is 0.342. The molecule has 8 heteroatoms. The number of carbonyl (C=O) groups excluding carboxylic acids is 3. The van der Waals surface area contributed by atoms with Crippen molar-refractivity contribution >= 4 is 17.7 Å². The number of rotatable bonds is 2. The second-order valence-corrected chi connectivity index (χ2v) is 5.59. The van der Waals surface area contributed by atoms with Gasteiger partial charge in [-0.2, -0.15) is 5.10 Å². The molecule has 0 aliphatic carbocycles. The average Bonchev–Trinajstić information content (AvgIpc) is 2.91. The van der Waals surface area contributed by atoms with Crippen molar-refractivity contribution in [3.05, 3.63) is 18.0 Å². The van der Waals surface area contributed by atoms with E-state index in [1.165, 1.54) is 16.7 Å². The van der Waals surface area contributed by atoms with Crippen LogP contribution in [-0.4, -0.2) is 82.0 Å². The van der Waals surface area contributed by atoms with E-state index in [4.69, 9.17) is 0 Å². The van der Waals surface area contributed by atoms with Gasteiger partial charge in [-0.05, 0) is 6.07 Å². The third kappa shape index (κ3) is 3.10. The molecule has 0 spiro atoms. The minimum Gasteiger partial charge on any atom is -0.347 e. The van der Waals surface area contributed by atoms with Gasteiger partial charge in [0, 0.05) is 47.4 Å². The number of hydrogen-bond acceptors (Lipinski definition) is 4. The molecule has 0 saturated carbocycles. The second-order valence-electron chi connectivity index (χ2n) is 5.59. The standard InChI is InChI=1S/C14H21N5O3/c1-10(20)19-8-7-18(9-12(19)14(22)16(2)3)13(21)11-5-6-17(4)15-11/h5-6,12H,7-9H2,1-4H3. The summed E-state index contributed by atoms with van der Waals surface area (Å²) in [5, 5.41) is 4.09. The summed E-state index contributed by atoms with van der Waals surface area (Å²) < 4.78 is 1.56. The number of nitrogens with zero attached hydrogens (tertiary/aromatic N) is 5. The Morgan fingerprint density at radius 3 is 2.45 bits per heavy atom. The van der Waals surface area contributed by atoms with Crippen LogP contribution in [0.2, 0.25) is 0 Å². The van der Waals surface area contributed by atoms with E-state index >= 15 is 0 Å². The summed E-state index contributed by atoms with van der Waals surface area (Å²) in [4.78, 5) is 41.0. The second kappa shape index (κ2) is 6.17. The fourth-order valence-corrected chi connectivity index (χ4v) is 2.54. The zero-order chi connectivity index (χ0) is 16.4. The maximum atomic E-state index is 12.4. The summed E-state index contributed by atoms with van der Waals surface area (Å²) in [6.07, 6.45) is 1.70. The molecule has 0 N–H and O–H groups in total. The molecule has 1 unspecified atom stereocenters. The first kappa shape index (κ1) is 16.0. The van der Waals surface area contributed by atoms with Crippen molar-refractivity contribution in [1.82, 2.24) is 24.5 Å². The molecule has 2 rings (SSSR count). The maximum absolute atomic E-state index is 12.4. The molecule has 22 heavy (non-hydrogen) atoms. The molecule has 1 saturated heterocycles. The van der Waals surface area contributed by atoms with E-state index in [9.17, 15) is 14.4 Å². The molecule has 1 fully saturated rings. The molecule has 1 aliphatic rings. The topological polar surface area (TPSA) is 78.8 Å². The number of piperazine rings is 1. The van der Waals surface area contributed by atoms with Gasteiger partial charge in [0.15, 0.2) is 0 Å². The number of aromatic nitrogens is 2. The Hall–Kier alpha value is -2.38. The fourth-order valence-electron chi connectivity index (χ4n) is 2.54. The minimum absolute atomic E-state index is 0.162. The SMILES string of the molecule is CC(=O)N1CCN(C(=O)c2ccn(C)n2)CC1C(=O)N(C)C. The Labute approximate surface area is 129 Å². The molecular formula is C14H21N5O3. The van der Waals surface area contributed by atoms with Crippen LogP contribution in [0, 0.1) is 0 Å². The molecule has 0 aromatic carbocycles. The highest BCUT2D eigenvalue weighted by molar-refractivity contribution is 5.94. The quantitative estimate of drug-likeness (QED) is 0.715. The maximum Gasteiger partial charge on any atom is 0.274 e. The highest BCUT2D eigenvalue weighted by Crippen LogP contribution is 2.14. The van der Waals surface area contributed by atoms with Crippen molar-refractivity contribution in [2.24, 2.45) is 7.05 Å². The Kier molecular flexibility index (Phi) is 4.48. The fraction of sp³-hybridized carbons (Fsp3) is 0.571. The molecule has 0 radical (unpaired) electrons. The van der Waals surface area contributed by atoms with E-state index in [0.717, 1.165) is 0 Å². The predicted molar refractivity (Wildman–Crippen MR) is 79.0 cm³/mol. The van der Waals surface area contributed by atoms with Crippen molar-refractivity contribution in [2.45, 2.75) is 13.0 Å². The Morgan fingerprint density at radius 1 is 1.27 bits per heavy atom. The Balaban J connectivity index is 2.18. The van der Waals surface area contributed by atoms with Gasteiger partial charge in [0.1, 0.15) is 11.7 Å². The molecule has 1 aliphatic heterocycles. The number of likely N-dealkylation sites (N-methyl/N-ethyl adjacent to an activating group) is 1. The minimum atomic E-state index is -0.645. The molecule has 3 amide bonds. The van der Waals surface area contributed by atoms with Gasteiger partial charge in [0.25, 0.3) is 5.91 Å². The van der Waals surface area contributed by atoms with Crippen molar-refractivity contribution in [1.29, 1.82) is 0 Å². The van der Waals surface area contributed by atoms with E-state index in [0.29, 0.717) is 18.8 Å². The molecule has 1 aromatic heterocycles. The molecule has 1 atom stereocenters. The Bertz CT molecular complexity index is 595. The molecule has 2 heterocycles. The summed E-state index contributed by atoms with van der Waals surface area (Å²) in [5.74, 6) is -0.570. The van der Waals surface area contributed by atoms with Gasteiger partial charge in [-0.15, -0.1) is 0 Å². The number of aryl methyl sites for hydroxylation is 1. The van der Waals surface area contributed by atoms with Crippen LogP contribution >= 0.6 is 0 Å². The Morgan fingerprint density at radius 2 is 1.95 bits per heavy atom. The van der Waals surface area contributed by atoms with Crippen molar-refractivity contribution in [2.75, 3.05) is 33.7 Å². The number of hydrogen-bond donors (Lipinski definition) is 0. The van der Waals surface area contributed by atoms with Gasteiger partial charge in [0.05, 0.1) is 6.54 Å². The number of amides is 3. The lowest BCUT2D eigenvalue weighted by molar-refractivity contribution is -0.146. The van der Waals surface area contributed by atoms with Crippen molar-refractivity contribution < 1.29 is 14.4 Å². The lowest BCUT2D eigenvalue weighted by Crippen LogP contribution is -2.61. The van der Waals surface area contributed by atoms with E-state index in [1.807, 2.05) is 0 Å². The van der Waals surface area contributed by atoms with Crippen LogP contribution in [-0.2, 0) is 16.6 Å². The molecule has 1 aromatic rings. The third-order valence-electron chi connectivity index (χ3n) is 3.73. The van der Waals surface area contributed by atoms with Gasteiger partial charge in [-0.25, -0.2) is 0 Å². The zero-order valence-corrected chi connectivity index (χ0v) is 13.3. The van der Waals surface area contributed by atoms with E-state index in [1.54, 1.807) is 43.0 Å². The van der Waals surface area contributed by atoms with Gasteiger partial charge >= 0.3 is 0 Å². The highest BCUT2D eigenvalue weighted by Gasteiger charge is 2.37. The van der Waals surface area contributed by atoms with E-state index in [-0.39, 0.29) is 24.3 Å². The first-order valence-electron chi connectivity index (χ1n) is 7.08. The van der Waals surface area contributed by atoms with Gasteiger partial charge in [-0.3, -0.25) is 19.1 Å². The first-order chi connectivity index (χ1) is 10.3. The average molecular weight is 307 g/mol. The summed E-state index contributed by atoms with van der Waals surface area (Å²) in [6, 6.07) is 0.997. The summed E-state index contributed by atoms with van der Waals surface area (Å²) >= 11 is 0. The molecule has 120 valence electrons. The smallest absolute Gasteiger partial charge is 0.274 e. The summed E-state index contributed by atoms with van der Waals surface area (Å²) in [7, 11) is 5.02. The van der Waals surface area contributed by atoms with Crippen LogP contribution in [0.4, 0.5) is 0 Å². The third-order valence-corrected chi connectivity index (χ3v) is 3.73. The van der Waals surface area contributed by atoms with Crippen LogP contribution in [0.1, 0.15) is 17.4 Å². The molecule has 8 nitrogen and oxygen atoms in total. The lowest BCUT2D eigenvalue weighted by Gasteiger charge is -2.40. The highest BCUT2D eigenvalue weighted by atomic mass is 16.2. The van der Waals surface area contributed by atoms with E-state index < -0.39 is 6.04 Å². The van der Waals surface area contributed by atoms with E-state index in [2.05, 4.69) is 5.10 Å². The zero-order valence-electron chi connectivity index (χ0n) is 13.3. The monoisotopic (exact) mass is 307 g/mol. The van der Waals surface area contributed by atoms with Gasteiger partial charge < -0.3 is 14.7 Å². The van der Waals surface area contributed by atoms with Crippen LogP contribution in [0.15, 0.2) is 12.3 Å². The first-order valence-corrected chi connectivity index (χ1v) is 7.08. The number of carbonyl (C=O) groups is 3. The van der Waals surface area contributed by atoms with Crippen LogP contribution in [0.3, 0.4) is 0 Å². The van der Waals surface area contributed by atoms with Crippen LogP contribution < -0.4 is 0 Å². The molecular weight excluding hydrogens is 286 g/mol. The van der Waals surface area contributed by atoms with Crippen molar-refractivity contribution in [3.63, 3.8) is 0 Å². The normalized spacial score (nSPS) is 18.3. The molecule has 0 bridgehead atoms. The van der Waals surface area contributed by atoms with Crippen LogP contribution in [0.25, 0.3) is 0 Å².